The standard InChI is InChI=1S/C21H19Br2FO3/c1-20(2)16(12-17(22)23)21(20,19(25)26)18(24)13-7-6-10-15(11-13)27-14-8-4-3-5-9-14/h3-12,16,18H,1-2H3,(H,25,26)/t16-,18+,21-/m0/s1. The van der Waals surface area contributed by atoms with Crippen molar-refractivity contribution < 1.29 is 19.0 Å². The van der Waals surface area contributed by atoms with Crippen LogP contribution in [0.5, 0.6) is 11.5 Å². The summed E-state index contributed by atoms with van der Waals surface area (Å²) in [7, 11) is 0. The summed E-state index contributed by atoms with van der Waals surface area (Å²) in [5.74, 6) is -0.496. The molecule has 0 aromatic heterocycles. The van der Waals surface area contributed by atoms with Gasteiger partial charge in [-0.3, -0.25) is 4.79 Å². The molecule has 3 nitrogen and oxygen atoms in total. The van der Waals surface area contributed by atoms with E-state index in [0.717, 1.165) is 0 Å². The zero-order valence-corrected chi connectivity index (χ0v) is 18.0. The van der Waals surface area contributed by atoms with Crippen molar-refractivity contribution in [2.24, 2.45) is 16.7 Å². The molecular formula is C21H19Br2FO3. The summed E-state index contributed by atoms with van der Waals surface area (Å²) >= 11 is 6.53. The van der Waals surface area contributed by atoms with Gasteiger partial charge in [0.1, 0.15) is 23.1 Å². The second-order valence-corrected chi connectivity index (χ2v) is 9.95. The van der Waals surface area contributed by atoms with Crippen molar-refractivity contribution >= 4 is 37.8 Å². The van der Waals surface area contributed by atoms with Gasteiger partial charge in [-0.1, -0.05) is 50.3 Å². The molecule has 6 heteroatoms. The molecule has 2 aromatic rings. The molecule has 1 aliphatic carbocycles. The fourth-order valence-electron chi connectivity index (χ4n) is 3.93. The van der Waals surface area contributed by atoms with Crippen LogP contribution < -0.4 is 4.74 Å². The molecule has 3 atom stereocenters. The van der Waals surface area contributed by atoms with Gasteiger partial charge in [0.2, 0.25) is 0 Å². The first-order valence-electron chi connectivity index (χ1n) is 8.44. The summed E-state index contributed by atoms with van der Waals surface area (Å²) in [5, 5.41) is 9.93. The third-order valence-corrected chi connectivity index (χ3v) is 5.96. The van der Waals surface area contributed by atoms with Crippen LogP contribution in [-0.2, 0) is 4.79 Å². The molecule has 3 rings (SSSR count). The van der Waals surface area contributed by atoms with Gasteiger partial charge in [-0.25, -0.2) is 4.39 Å². The Bertz CT molecular complexity index is 878. The summed E-state index contributed by atoms with van der Waals surface area (Å²) in [6.07, 6.45) is 0.0373. The Morgan fingerprint density at radius 3 is 2.37 bits per heavy atom. The molecule has 1 saturated carbocycles. The Hall–Kier alpha value is -1.66. The molecule has 27 heavy (non-hydrogen) atoms. The quantitative estimate of drug-likeness (QED) is 0.474. The van der Waals surface area contributed by atoms with Crippen LogP contribution in [0, 0.1) is 16.7 Å². The van der Waals surface area contributed by atoms with Crippen molar-refractivity contribution in [1.82, 2.24) is 0 Å². The SMILES string of the molecule is CC1(C)[C@H](C=C(Br)Br)[C@@]1(C(=O)O)[C@H](F)c1cccc(Oc2ccccc2)c1. The first kappa shape index (κ1) is 20.1. The third kappa shape index (κ3) is 3.45. The summed E-state index contributed by atoms with van der Waals surface area (Å²) in [6, 6.07) is 15.7. The molecule has 0 heterocycles. The largest absolute Gasteiger partial charge is 0.481 e. The van der Waals surface area contributed by atoms with E-state index in [2.05, 4.69) is 31.9 Å². The highest BCUT2D eigenvalue weighted by Gasteiger charge is 2.79. The fraction of sp³-hybridized carbons (Fsp3) is 0.286. The van der Waals surface area contributed by atoms with Crippen LogP contribution in [0.2, 0.25) is 0 Å². The van der Waals surface area contributed by atoms with E-state index in [0.29, 0.717) is 20.5 Å². The lowest BCUT2D eigenvalue weighted by molar-refractivity contribution is -0.148. The van der Waals surface area contributed by atoms with E-state index in [-0.39, 0.29) is 0 Å². The summed E-state index contributed by atoms with van der Waals surface area (Å²) < 4.78 is 22.0. The highest BCUT2D eigenvalue weighted by Crippen LogP contribution is 2.76. The average molecular weight is 498 g/mol. The van der Waals surface area contributed by atoms with E-state index in [1.54, 1.807) is 56.3 Å². The van der Waals surface area contributed by atoms with E-state index < -0.39 is 28.9 Å². The highest BCUT2D eigenvalue weighted by atomic mass is 79.9. The Labute approximate surface area is 174 Å². The normalized spacial score (nSPS) is 24.0. The maximum atomic E-state index is 15.6. The molecule has 1 aliphatic rings. The second-order valence-electron chi connectivity index (χ2n) is 7.18. The maximum absolute atomic E-state index is 15.6. The molecule has 0 radical (unpaired) electrons. The number of carboxylic acid groups (broad SMARTS) is 1. The number of halogens is 3. The minimum absolute atomic E-state index is 0.292. The van der Waals surface area contributed by atoms with Crippen LogP contribution in [0.15, 0.2) is 64.1 Å². The summed E-state index contributed by atoms with van der Waals surface area (Å²) in [4.78, 5) is 12.2. The number of alkyl halides is 1. The molecule has 0 aliphatic heterocycles. The molecular weight excluding hydrogens is 479 g/mol. The summed E-state index contributed by atoms with van der Waals surface area (Å²) in [6.45, 7) is 3.56. The van der Waals surface area contributed by atoms with E-state index in [9.17, 15) is 9.90 Å². The van der Waals surface area contributed by atoms with Crippen LogP contribution in [0.25, 0.3) is 0 Å². The zero-order chi connectivity index (χ0) is 19.8. The number of ether oxygens (including phenoxy) is 1. The minimum Gasteiger partial charge on any atom is -0.481 e. The molecule has 0 saturated heterocycles. The maximum Gasteiger partial charge on any atom is 0.314 e. The van der Waals surface area contributed by atoms with Gasteiger partial charge in [-0.15, -0.1) is 0 Å². The van der Waals surface area contributed by atoms with E-state index >= 15 is 4.39 Å². The lowest BCUT2D eigenvalue weighted by atomic mass is 9.86. The molecule has 0 spiro atoms. The van der Waals surface area contributed by atoms with E-state index in [1.807, 2.05) is 18.2 Å². The average Bonchev–Trinajstić information content (AvgIpc) is 3.10. The number of hydrogen-bond acceptors (Lipinski definition) is 2. The third-order valence-electron chi connectivity index (χ3n) is 5.43. The van der Waals surface area contributed by atoms with Crippen LogP contribution in [0.3, 0.4) is 0 Å². The molecule has 2 aromatic carbocycles. The van der Waals surface area contributed by atoms with E-state index in [1.165, 1.54) is 0 Å². The highest BCUT2D eigenvalue weighted by molar-refractivity contribution is 9.28. The summed E-state index contributed by atoms with van der Waals surface area (Å²) in [5.41, 5.74) is -1.98. The number of benzene rings is 2. The topological polar surface area (TPSA) is 46.5 Å². The van der Waals surface area contributed by atoms with Gasteiger partial charge in [0.25, 0.3) is 0 Å². The molecule has 0 bridgehead atoms. The van der Waals surface area contributed by atoms with Crippen molar-refractivity contribution in [2.45, 2.75) is 20.0 Å². The molecule has 0 amide bonds. The van der Waals surface area contributed by atoms with Crippen LogP contribution in [-0.4, -0.2) is 11.1 Å². The first-order chi connectivity index (χ1) is 12.7. The number of allylic oxidation sites excluding steroid dienone is 1. The Morgan fingerprint density at radius 2 is 1.78 bits per heavy atom. The number of hydrogen-bond donors (Lipinski definition) is 1. The van der Waals surface area contributed by atoms with Gasteiger partial charge in [-0.05, 0) is 67.1 Å². The number of rotatable bonds is 6. The number of para-hydroxylation sites is 1. The van der Waals surface area contributed by atoms with Crippen LogP contribution in [0.4, 0.5) is 4.39 Å². The molecule has 1 fully saturated rings. The minimum atomic E-state index is -1.68. The molecule has 1 N–H and O–H groups in total. The lowest BCUT2D eigenvalue weighted by Crippen LogP contribution is -2.27. The van der Waals surface area contributed by atoms with Gasteiger partial charge >= 0.3 is 5.97 Å². The van der Waals surface area contributed by atoms with Crippen molar-refractivity contribution in [3.63, 3.8) is 0 Å². The molecule has 142 valence electrons. The van der Waals surface area contributed by atoms with Crippen molar-refractivity contribution in [2.75, 3.05) is 0 Å². The van der Waals surface area contributed by atoms with Crippen molar-refractivity contribution in [3.05, 3.63) is 69.6 Å². The van der Waals surface area contributed by atoms with E-state index in [4.69, 9.17) is 4.74 Å². The lowest BCUT2D eigenvalue weighted by Gasteiger charge is -2.21. The van der Waals surface area contributed by atoms with Gasteiger partial charge < -0.3 is 9.84 Å². The molecule has 0 unspecified atom stereocenters. The van der Waals surface area contributed by atoms with Gasteiger partial charge in [-0.2, -0.15) is 0 Å². The Balaban J connectivity index is 1.95. The zero-order valence-electron chi connectivity index (χ0n) is 14.8. The van der Waals surface area contributed by atoms with Crippen molar-refractivity contribution in [1.29, 1.82) is 0 Å². The second kappa shape index (κ2) is 7.40. The predicted octanol–water partition coefficient (Wildman–Crippen LogP) is 6.85. The Kier molecular flexibility index (Phi) is 5.50. The van der Waals surface area contributed by atoms with Gasteiger partial charge in [0.15, 0.2) is 0 Å². The Morgan fingerprint density at radius 1 is 1.15 bits per heavy atom. The number of carbonyl (C=O) groups is 1. The van der Waals surface area contributed by atoms with Crippen LogP contribution in [0.1, 0.15) is 25.6 Å². The number of carboxylic acids is 1. The van der Waals surface area contributed by atoms with Crippen LogP contribution >= 0.6 is 31.9 Å². The first-order valence-corrected chi connectivity index (χ1v) is 10.0. The monoisotopic (exact) mass is 496 g/mol. The van der Waals surface area contributed by atoms with Gasteiger partial charge in [0, 0.05) is 5.92 Å². The smallest absolute Gasteiger partial charge is 0.314 e. The van der Waals surface area contributed by atoms with Crippen molar-refractivity contribution in [3.8, 4) is 11.5 Å². The fourth-order valence-corrected chi connectivity index (χ4v) is 4.46. The number of aliphatic carboxylic acids is 1. The predicted molar refractivity (Wildman–Crippen MR) is 110 cm³/mol. The van der Waals surface area contributed by atoms with Gasteiger partial charge in [0.05, 0.1) is 3.39 Å².